The van der Waals surface area contributed by atoms with Gasteiger partial charge in [0.2, 0.25) is 0 Å². The Bertz CT molecular complexity index is 340. The topological polar surface area (TPSA) is 12.9 Å². The Kier molecular flexibility index (Phi) is 3.39. The van der Waals surface area contributed by atoms with E-state index >= 15 is 0 Å². The van der Waals surface area contributed by atoms with E-state index in [1.807, 2.05) is 11.3 Å². The molecule has 0 radical (unpaired) electrons. The van der Waals surface area contributed by atoms with Crippen molar-refractivity contribution in [2.24, 2.45) is 5.92 Å². The Hall–Kier alpha value is -0.370. The third kappa shape index (κ3) is 2.65. The van der Waals surface area contributed by atoms with Crippen LogP contribution in [-0.4, -0.2) is 4.98 Å². The van der Waals surface area contributed by atoms with E-state index in [1.54, 1.807) is 0 Å². The molecule has 0 unspecified atom stereocenters. The van der Waals surface area contributed by atoms with Gasteiger partial charge >= 0.3 is 0 Å². The zero-order valence-electron chi connectivity index (χ0n) is 10.9. The first kappa shape index (κ1) is 12.1. The van der Waals surface area contributed by atoms with E-state index in [1.165, 1.54) is 35.6 Å². The highest BCUT2D eigenvalue weighted by atomic mass is 32.1. The molecule has 0 spiro atoms. The van der Waals surface area contributed by atoms with Gasteiger partial charge in [0.15, 0.2) is 0 Å². The molecule has 90 valence electrons. The molecule has 16 heavy (non-hydrogen) atoms. The number of hydrogen-bond acceptors (Lipinski definition) is 2. The van der Waals surface area contributed by atoms with Crippen LogP contribution in [0.3, 0.4) is 0 Å². The van der Waals surface area contributed by atoms with Gasteiger partial charge in [0.05, 0.1) is 5.01 Å². The standard InChI is InChI=1S/C14H23NS/c1-10-5-7-11(8-6-10)12-9-15-13(16-12)14(2,3)4/h9-11H,5-8H2,1-4H3. The van der Waals surface area contributed by atoms with E-state index in [0.717, 1.165) is 11.8 Å². The highest BCUT2D eigenvalue weighted by molar-refractivity contribution is 7.11. The van der Waals surface area contributed by atoms with Crippen LogP contribution in [0, 0.1) is 5.92 Å². The molecule has 2 heteroatoms. The van der Waals surface area contributed by atoms with E-state index in [-0.39, 0.29) is 5.41 Å². The van der Waals surface area contributed by atoms with Gasteiger partial charge in [-0.25, -0.2) is 4.98 Å². The van der Waals surface area contributed by atoms with Crippen LogP contribution in [0.5, 0.6) is 0 Å². The van der Waals surface area contributed by atoms with Gasteiger partial charge in [0.25, 0.3) is 0 Å². The summed E-state index contributed by atoms with van der Waals surface area (Å²) in [6, 6.07) is 0. The van der Waals surface area contributed by atoms with Crippen LogP contribution in [0.25, 0.3) is 0 Å². The molecule has 2 rings (SSSR count). The summed E-state index contributed by atoms with van der Waals surface area (Å²) in [5, 5.41) is 1.29. The number of thiazole rings is 1. The summed E-state index contributed by atoms with van der Waals surface area (Å²) in [6.07, 6.45) is 7.66. The zero-order chi connectivity index (χ0) is 11.8. The third-order valence-corrected chi connectivity index (χ3v) is 5.17. The van der Waals surface area contributed by atoms with Gasteiger partial charge in [0.1, 0.15) is 0 Å². The first-order chi connectivity index (χ1) is 7.47. The molecule has 0 saturated heterocycles. The SMILES string of the molecule is CC1CCC(c2cnc(C(C)(C)C)s2)CC1. The summed E-state index contributed by atoms with van der Waals surface area (Å²) in [4.78, 5) is 6.13. The van der Waals surface area contributed by atoms with E-state index < -0.39 is 0 Å². The molecular weight excluding hydrogens is 214 g/mol. The third-order valence-electron chi connectivity index (χ3n) is 3.58. The van der Waals surface area contributed by atoms with Crippen LogP contribution in [0.1, 0.15) is 69.2 Å². The second-order valence-corrected chi connectivity index (χ2v) is 7.34. The Morgan fingerprint density at radius 1 is 1.19 bits per heavy atom. The minimum Gasteiger partial charge on any atom is -0.249 e. The normalized spacial score (nSPS) is 27.0. The van der Waals surface area contributed by atoms with Gasteiger partial charge < -0.3 is 0 Å². The van der Waals surface area contributed by atoms with Gasteiger partial charge in [-0.2, -0.15) is 0 Å². The fraction of sp³-hybridized carbons (Fsp3) is 0.786. The van der Waals surface area contributed by atoms with E-state index in [0.29, 0.717) is 0 Å². The zero-order valence-corrected chi connectivity index (χ0v) is 11.7. The Labute approximate surface area is 103 Å². The number of rotatable bonds is 1. The lowest BCUT2D eigenvalue weighted by Crippen LogP contribution is -2.10. The van der Waals surface area contributed by atoms with Gasteiger partial charge in [-0.05, 0) is 24.7 Å². The van der Waals surface area contributed by atoms with Crippen molar-refractivity contribution in [1.82, 2.24) is 4.98 Å². The van der Waals surface area contributed by atoms with Crippen molar-refractivity contribution < 1.29 is 0 Å². The number of aromatic nitrogens is 1. The van der Waals surface area contributed by atoms with E-state index in [2.05, 4.69) is 38.9 Å². The van der Waals surface area contributed by atoms with Gasteiger partial charge in [0, 0.05) is 16.5 Å². The lowest BCUT2D eigenvalue weighted by atomic mass is 9.82. The highest BCUT2D eigenvalue weighted by Gasteiger charge is 2.24. The van der Waals surface area contributed by atoms with Crippen LogP contribution >= 0.6 is 11.3 Å². The molecule has 0 amide bonds. The van der Waals surface area contributed by atoms with Crippen molar-refractivity contribution in [2.45, 2.75) is 64.7 Å². The van der Waals surface area contributed by atoms with Crippen LogP contribution in [-0.2, 0) is 5.41 Å². The van der Waals surface area contributed by atoms with Gasteiger partial charge in [-0.3, -0.25) is 0 Å². The second kappa shape index (κ2) is 4.48. The van der Waals surface area contributed by atoms with Gasteiger partial charge in [-0.15, -0.1) is 11.3 Å². The van der Waals surface area contributed by atoms with Crippen molar-refractivity contribution in [3.63, 3.8) is 0 Å². The quantitative estimate of drug-likeness (QED) is 0.688. The minimum absolute atomic E-state index is 0.213. The highest BCUT2D eigenvalue weighted by Crippen LogP contribution is 2.39. The molecule has 1 fully saturated rings. The first-order valence-electron chi connectivity index (χ1n) is 6.43. The maximum Gasteiger partial charge on any atom is 0.0981 e. The minimum atomic E-state index is 0.213. The molecule has 0 N–H and O–H groups in total. The number of nitrogens with zero attached hydrogens (tertiary/aromatic N) is 1. The molecule has 1 heterocycles. The molecular formula is C14H23NS. The van der Waals surface area contributed by atoms with Crippen LogP contribution in [0.2, 0.25) is 0 Å². The molecule has 0 aromatic carbocycles. The summed E-state index contributed by atoms with van der Waals surface area (Å²) in [5.74, 6) is 1.73. The molecule has 1 aliphatic carbocycles. The van der Waals surface area contributed by atoms with Crippen LogP contribution < -0.4 is 0 Å². The van der Waals surface area contributed by atoms with Crippen LogP contribution in [0.15, 0.2) is 6.20 Å². The largest absolute Gasteiger partial charge is 0.249 e. The average Bonchev–Trinajstić information content (AvgIpc) is 2.67. The Morgan fingerprint density at radius 3 is 2.31 bits per heavy atom. The molecule has 1 aliphatic rings. The number of hydrogen-bond donors (Lipinski definition) is 0. The predicted molar refractivity (Wildman–Crippen MR) is 71.2 cm³/mol. The van der Waals surface area contributed by atoms with Crippen molar-refractivity contribution in [3.05, 3.63) is 16.1 Å². The van der Waals surface area contributed by atoms with Crippen molar-refractivity contribution in [3.8, 4) is 0 Å². The van der Waals surface area contributed by atoms with Gasteiger partial charge in [-0.1, -0.05) is 40.5 Å². The Morgan fingerprint density at radius 2 is 1.81 bits per heavy atom. The summed E-state index contributed by atoms with van der Waals surface area (Å²) >= 11 is 1.94. The molecule has 0 bridgehead atoms. The monoisotopic (exact) mass is 237 g/mol. The average molecular weight is 237 g/mol. The van der Waals surface area contributed by atoms with Crippen molar-refractivity contribution in [1.29, 1.82) is 0 Å². The maximum atomic E-state index is 4.60. The second-order valence-electron chi connectivity index (χ2n) is 6.27. The molecule has 0 atom stereocenters. The Balaban J connectivity index is 2.08. The van der Waals surface area contributed by atoms with E-state index in [4.69, 9.17) is 0 Å². The molecule has 1 aromatic heterocycles. The lowest BCUT2D eigenvalue weighted by molar-refractivity contribution is 0.350. The molecule has 1 aromatic rings. The van der Waals surface area contributed by atoms with E-state index in [9.17, 15) is 0 Å². The maximum absolute atomic E-state index is 4.60. The van der Waals surface area contributed by atoms with Crippen LogP contribution in [0.4, 0.5) is 0 Å². The smallest absolute Gasteiger partial charge is 0.0981 e. The lowest BCUT2D eigenvalue weighted by Gasteiger charge is -2.25. The predicted octanol–water partition coefficient (Wildman–Crippen LogP) is 4.73. The first-order valence-corrected chi connectivity index (χ1v) is 7.24. The van der Waals surface area contributed by atoms with Crippen molar-refractivity contribution >= 4 is 11.3 Å². The summed E-state index contributed by atoms with van der Waals surface area (Å²) in [5.41, 5.74) is 0.213. The summed E-state index contributed by atoms with van der Waals surface area (Å²) < 4.78 is 0. The summed E-state index contributed by atoms with van der Waals surface area (Å²) in [6.45, 7) is 9.12. The molecule has 0 aliphatic heterocycles. The molecule has 1 saturated carbocycles. The fourth-order valence-corrected chi connectivity index (χ4v) is 3.51. The summed E-state index contributed by atoms with van der Waals surface area (Å²) in [7, 11) is 0. The molecule has 1 nitrogen and oxygen atoms in total. The van der Waals surface area contributed by atoms with Crippen molar-refractivity contribution in [2.75, 3.05) is 0 Å². The fourth-order valence-electron chi connectivity index (χ4n) is 2.37.